The van der Waals surface area contributed by atoms with Gasteiger partial charge in [0.1, 0.15) is 0 Å². The predicted octanol–water partition coefficient (Wildman–Crippen LogP) is 2.24. The van der Waals surface area contributed by atoms with Crippen LogP contribution in [0.4, 0.5) is 0 Å². The van der Waals surface area contributed by atoms with Crippen LogP contribution < -0.4 is 24.8 Å². The van der Waals surface area contributed by atoms with E-state index < -0.39 is 16.1 Å². The normalized spacial score (nSPS) is 15.1. The van der Waals surface area contributed by atoms with Crippen LogP contribution in [0.3, 0.4) is 0 Å². The molecule has 0 amide bonds. The largest absolute Gasteiger partial charge is 1.00 e. The van der Waals surface area contributed by atoms with Crippen LogP contribution in [0.2, 0.25) is 52.4 Å². The van der Waals surface area contributed by atoms with Gasteiger partial charge in [-0.25, -0.2) is 23.3 Å². The zero-order valence-electron chi connectivity index (χ0n) is 21.2. The molecule has 0 saturated heterocycles. The molecule has 0 radical (unpaired) electrons. The van der Waals surface area contributed by atoms with E-state index in [1.807, 2.05) is 0 Å². The SMILES string of the molecule is CCCC1=[C-]CC([Si](C)(C)C)=C1.CCCC1=[C-]CC([Si](C)(C)C)=C1.C[Si](C)=[Ti+2].[Cl-].[Cl-]. The van der Waals surface area contributed by atoms with Gasteiger partial charge in [-0.3, -0.25) is 12.2 Å². The molecule has 0 nitrogen and oxygen atoms in total. The number of hydrogen-bond donors (Lipinski definition) is 0. The summed E-state index contributed by atoms with van der Waals surface area (Å²) in [6.45, 7) is 23.5. The summed E-state index contributed by atoms with van der Waals surface area (Å²) in [5, 5.41) is 3.34. The Hall–Kier alpha value is 0.905. The number of halogens is 2. The molecule has 2 rings (SSSR count). The van der Waals surface area contributed by atoms with Crippen LogP contribution in [0.1, 0.15) is 52.4 Å². The van der Waals surface area contributed by atoms with Gasteiger partial charge in [0.25, 0.3) is 0 Å². The van der Waals surface area contributed by atoms with E-state index in [-0.39, 0.29) is 31.0 Å². The van der Waals surface area contributed by atoms with Crippen molar-refractivity contribution in [2.45, 2.75) is 105 Å². The van der Waals surface area contributed by atoms with Crippen molar-refractivity contribution >= 4 is 22.3 Å². The minimum Gasteiger partial charge on any atom is -1.00 e. The van der Waals surface area contributed by atoms with Gasteiger partial charge < -0.3 is 24.8 Å². The van der Waals surface area contributed by atoms with Crippen LogP contribution >= 0.6 is 0 Å². The molecular formula is C24H44Cl2Si3Ti-2. The summed E-state index contributed by atoms with van der Waals surface area (Å²) in [5.41, 5.74) is 2.91. The number of hydrogen-bond acceptors (Lipinski definition) is 0. The van der Waals surface area contributed by atoms with E-state index >= 15 is 0 Å². The van der Waals surface area contributed by atoms with Gasteiger partial charge in [-0.2, -0.15) is 10.4 Å². The molecule has 0 heterocycles. The third kappa shape index (κ3) is 16.5. The van der Waals surface area contributed by atoms with Crippen LogP contribution in [0.15, 0.2) is 33.7 Å². The van der Waals surface area contributed by atoms with Gasteiger partial charge in [0.2, 0.25) is 0 Å². The van der Waals surface area contributed by atoms with Crippen LogP contribution in [-0.2, 0) is 19.2 Å². The molecule has 6 heteroatoms. The standard InChI is InChI=1S/2C11H19Si.C2H6Si.2ClH.Ti/c2*1-5-6-10-7-8-11(9-10)12(2,3)4;1-3-2;;;/h2*9H,5-6,8H2,1-4H3;1-2H3;2*1H;/q2*-1;;;;+2/p-2. The Bertz CT molecular complexity index is 580. The first-order chi connectivity index (χ1) is 12.8. The molecule has 0 unspecified atom stereocenters. The summed E-state index contributed by atoms with van der Waals surface area (Å²) in [5.74, 6) is 0. The molecule has 2 aliphatic carbocycles. The molecule has 30 heavy (non-hydrogen) atoms. The molecule has 0 atom stereocenters. The molecule has 0 fully saturated rings. The average Bonchev–Trinajstić information content (AvgIpc) is 3.16. The molecule has 0 bridgehead atoms. The van der Waals surface area contributed by atoms with Crippen LogP contribution in [0, 0.1) is 12.2 Å². The minimum atomic E-state index is -1.02. The Morgan fingerprint density at radius 2 is 1.03 bits per heavy atom. The third-order valence-electron chi connectivity index (χ3n) is 4.67. The predicted molar refractivity (Wildman–Crippen MR) is 133 cm³/mol. The molecule has 0 N–H and O–H groups in total. The first-order valence-electron chi connectivity index (χ1n) is 10.9. The summed E-state index contributed by atoms with van der Waals surface area (Å²) in [6, 6.07) is 0. The Morgan fingerprint density at radius 3 is 1.20 bits per heavy atom. The summed E-state index contributed by atoms with van der Waals surface area (Å²) < 4.78 is 0. The zero-order valence-corrected chi connectivity index (χ0v) is 27.2. The van der Waals surface area contributed by atoms with Crippen molar-refractivity contribution in [2.24, 2.45) is 0 Å². The fourth-order valence-electron chi connectivity index (χ4n) is 2.87. The van der Waals surface area contributed by atoms with Gasteiger partial charge in [0, 0.05) is 0 Å². The van der Waals surface area contributed by atoms with Crippen molar-refractivity contribution in [3.63, 3.8) is 0 Å². The van der Waals surface area contributed by atoms with Gasteiger partial charge >= 0.3 is 38.5 Å². The molecule has 0 spiro atoms. The van der Waals surface area contributed by atoms with E-state index in [9.17, 15) is 0 Å². The maximum atomic E-state index is 3.47. The van der Waals surface area contributed by atoms with Crippen molar-refractivity contribution in [1.29, 1.82) is 0 Å². The second-order valence-electron chi connectivity index (χ2n) is 10.1. The molecular weight excluding hydrogens is 491 g/mol. The quantitative estimate of drug-likeness (QED) is 0.362. The van der Waals surface area contributed by atoms with E-state index in [1.54, 1.807) is 10.4 Å². The Balaban J connectivity index is -0.000000391. The molecule has 0 aliphatic heterocycles. The Labute approximate surface area is 215 Å². The van der Waals surface area contributed by atoms with E-state index in [0.717, 1.165) is 12.8 Å². The average molecular weight is 536 g/mol. The van der Waals surface area contributed by atoms with Gasteiger partial charge in [-0.1, -0.05) is 78.8 Å². The second-order valence-corrected chi connectivity index (χ2v) is 27.1. The third-order valence-corrected chi connectivity index (χ3v) is 9.17. The van der Waals surface area contributed by atoms with E-state index in [4.69, 9.17) is 0 Å². The molecule has 0 aromatic rings. The van der Waals surface area contributed by atoms with Crippen LogP contribution in [0.25, 0.3) is 0 Å². The Kier molecular flexibility index (Phi) is 20.6. The van der Waals surface area contributed by atoms with Crippen molar-refractivity contribution < 1.29 is 44.0 Å². The topological polar surface area (TPSA) is 0 Å². The van der Waals surface area contributed by atoms with E-state index in [0.29, 0.717) is 0 Å². The van der Waals surface area contributed by atoms with Gasteiger partial charge in [-0.15, -0.1) is 12.8 Å². The van der Waals surface area contributed by atoms with Crippen LogP contribution in [0.5, 0.6) is 0 Å². The summed E-state index contributed by atoms with van der Waals surface area (Å²) in [6.07, 6.45) is 19.0. The molecule has 172 valence electrons. The molecule has 0 saturated carbocycles. The summed E-state index contributed by atoms with van der Waals surface area (Å²) in [4.78, 5) is 0. The second kappa shape index (κ2) is 17.4. The van der Waals surface area contributed by atoms with Crippen molar-refractivity contribution in [1.82, 2.24) is 0 Å². The fourth-order valence-corrected chi connectivity index (χ4v) is 5.32. The van der Waals surface area contributed by atoms with Crippen molar-refractivity contribution in [3.8, 4) is 0 Å². The summed E-state index contributed by atoms with van der Waals surface area (Å²) in [7, 11) is -2.03. The fraction of sp³-hybridized carbons (Fsp3) is 0.667. The van der Waals surface area contributed by atoms with E-state index in [2.05, 4.69) is 110 Å². The first kappa shape index (κ1) is 35.5. The summed E-state index contributed by atoms with van der Waals surface area (Å²) >= 11 is 2.27. The zero-order chi connectivity index (χ0) is 22.0. The van der Waals surface area contributed by atoms with Crippen LogP contribution in [-0.4, -0.2) is 22.3 Å². The van der Waals surface area contributed by atoms with E-state index in [1.165, 1.54) is 36.8 Å². The van der Waals surface area contributed by atoms with Crippen molar-refractivity contribution in [2.75, 3.05) is 0 Å². The number of rotatable bonds is 6. The molecule has 0 aromatic carbocycles. The number of allylic oxidation sites excluding steroid dienone is 8. The minimum absolute atomic E-state index is 0. The van der Waals surface area contributed by atoms with Gasteiger partial charge in [0.05, 0.1) is 16.1 Å². The van der Waals surface area contributed by atoms with Crippen molar-refractivity contribution in [3.05, 3.63) is 45.8 Å². The van der Waals surface area contributed by atoms with Gasteiger partial charge in [0.15, 0.2) is 0 Å². The molecule has 0 aromatic heterocycles. The monoisotopic (exact) mass is 534 g/mol. The molecule has 2 aliphatic rings. The van der Waals surface area contributed by atoms with Gasteiger partial charge in [-0.05, 0) is 0 Å². The Morgan fingerprint density at radius 1 is 0.767 bits per heavy atom. The smallest absolute Gasteiger partial charge is 1.00 e. The first-order valence-corrected chi connectivity index (χ1v) is 22.8. The maximum Gasteiger partial charge on any atom is -1.00 e. The maximum absolute atomic E-state index is 3.47.